The van der Waals surface area contributed by atoms with E-state index in [9.17, 15) is 18.0 Å². The van der Waals surface area contributed by atoms with Gasteiger partial charge in [-0.3, -0.25) is 4.79 Å². The van der Waals surface area contributed by atoms with Crippen LogP contribution in [0, 0.1) is 5.92 Å². The zero-order chi connectivity index (χ0) is 21.8. The van der Waals surface area contributed by atoms with Gasteiger partial charge in [0.25, 0.3) is 0 Å². The van der Waals surface area contributed by atoms with Crippen LogP contribution in [-0.2, 0) is 19.4 Å². The molecule has 9 heteroatoms. The van der Waals surface area contributed by atoms with Crippen LogP contribution in [0.5, 0.6) is 0 Å². The number of anilines is 2. The lowest BCUT2D eigenvalue weighted by atomic mass is 10.2. The van der Waals surface area contributed by atoms with E-state index in [2.05, 4.69) is 16.0 Å². The highest BCUT2D eigenvalue weighted by Crippen LogP contribution is 2.34. The third-order valence-corrected chi connectivity index (χ3v) is 5.50. The number of hydrogen-bond acceptors (Lipinski definition) is 6. The normalized spacial score (nSPS) is 15.3. The summed E-state index contributed by atoms with van der Waals surface area (Å²) in [5.74, 6) is 0.0712. The van der Waals surface area contributed by atoms with Crippen molar-refractivity contribution < 1.29 is 22.7 Å². The molecule has 162 valence electrons. The van der Waals surface area contributed by atoms with Crippen LogP contribution in [0.15, 0.2) is 23.1 Å². The average molecular weight is 426 g/mol. The van der Waals surface area contributed by atoms with E-state index in [1.165, 1.54) is 6.07 Å². The van der Waals surface area contributed by atoms with E-state index >= 15 is 0 Å². The lowest BCUT2D eigenvalue weighted by Crippen LogP contribution is -2.45. The quantitative estimate of drug-likeness (QED) is 0.590. The Hall–Kier alpha value is -2.29. The number of nitrogens with one attached hydrogen (secondary N) is 3. The molecule has 0 heterocycles. The number of benzene rings is 1. The number of sulfone groups is 1. The molecular weight excluding hydrogens is 394 g/mol. The summed E-state index contributed by atoms with van der Waals surface area (Å²) in [7, 11) is -3.49. The summed E-state index contributed by atoms with van der Waals surface area (Å²) in [5, 5.41) is 8.48. The number of rotatable bonds is 8. The molecule has 1 fully saturated rings. The van der Waals surface area contributed by atoms with Gasteiger partial charge in [0.05, 0.1) is 16.3 Å². The lowest BCUT2D eigenvalue weighted by Gasteiger charge is -2.23. The minimum Gasteiger partial charge on any atom is -0.444 e. The molecule has 2 amide bonds. The van der Waals surface area contributed by atoms with Crippen LogP contribution in [0.2, 0.25) is 0 Å². The third-order valence-electron chi connectivity index (χ3n) is 4.36. The van der Waals surface area contributed by atoms with Crippen molar-refractivity contribution >= 4 is 33.2 Å². The summed E-state index contributed by atoms with van der Waals surface area (Å²) in [5.41, 5.74) is 0.0631. The summed E-state index contributed by atoms with van der Waals surface area (Å²) in [6.07, 6.45) is 3.01. The van der Waals surface area contributed by atoms with E-state index in [-0.39, 0.29) is 4.90 Å². The minimum atomic E-state index is -3.49. The molecule has 0 saturated heterocycles. The number of hydrogen-bond donors (Lipinski definition) is 3. The van der Waals surface area contributed by atoms with Crippen LogP contribution < -0.4 is 16.0 Å². The molecule has 29 heavy (non-hydrogen) atoms. The second-order valence-electron chi connectivity index (χ2n) is 8.37. The molecule has 1 aliphatic carbocycles. The monoisotopic (exact) mass is 425 g/mol. The summed E-state index contributed by atoms with van der Waals surface area (Å²) >= 11 is 0. The van der Waals surface area contributed by atoms with Crippen molar-refractivity contribution in [3.05, 3.63) is 18.2 Å². The molecule has 8 nitrogen and oxygen atoms in total. The fraction of sp³-hybridized carbons (Fsp3) is 0.600. The fourth-order valence-electron chi connectivity index (χ4n) is 2.72. The second-order valence-corrected chi connectivity index (χ2v) is 10.4. The molecule has 1 aromatic carbocycles. The van der Waals surface area contributed by atoms with Gasteiger partial charge in [-0.05, 0) is 58.1 Å². The standard InChI is InChI=1S/C20H31N3O5S/c1-6-14(23-19(25)28-20(2,3)4)18(24)22-15-8-7-9-16(29(5,26)27)17(15)21-12-13-10-11-13/h7-9,13-14,21H,6,10-12H2,1-5H3,(H,22,24)(H,23,25). The highest BCUT2D eigenvalue weighted by molar-refractivity contribution is 7.90. The van der Waals surface area contributed by atoms with Gasteiger partial charge in [-0.2, -0.15) is 0 Å². The Balaban J connectivity index is 2.19. The van der Waals surface area contributed by atoms with Gasteiger partial charge in [0, 0.05) is 12.8 Å². The first-order valence-electron chi connectivity index (χ1n) is 9.78. The van der Waals surface area contributed by atoms with Gasteiger partial charge in [0.1, 0.15) is 11.6 Å². The van der Waals surface area contributed by atoms with E-state index in [1.54, 1.807) is 39.8 Å². The number of amides is 2. The van der Waals surface area contributed by atoms with E-state index in [4.69, 9.17) is 4.74 Å². The van der Waals surface area contributed by atoms with Crippen molar-refractivity contribution in [2.75, 3.05) is 23.4 Å². The number of carbonyl (C=O) groups excluding carboxylic acids is 2. The SMILES string of the molecule is CCC(NC(=O)OC(C)(C)C)C(=O)Nc1cccc(S(C)(=O)=O)c1NCC1CC1. The van der Waals surface area contributed by atoms with Crippen LogP contribution in [0.1, 0.15) is 47.0 Å². The minimum absolute atomic E-state index is 0.129. The summed E-state index contributed by atoms with van der Waals surface area (Å²) < 4.78 is 29.6. The molecule has 0 spiro atoms. The van der Waals surface area contributed by atoms with Gasteiger partial charge in [-0.1, -0.05) is 13.0 Å². The molecule has 1 atom stereocenters. The summed E-state index contributed by atoms with van der Waals surface area (Å²) in [6, 6.07) is 3.91. The molecule has 0 bridgehead atoms. The zero-order valence-corrected chi connectivity index (χ0v) is 18.5. The van der Waals surface area contributed by atoms with Crippen molar-refractivity contribution in [1.82, 2.24) is 5.32 Å². The van der Waals surface area contributed by atoms with Crippen molar-refractivity contribution in [3.8, 4) is 0 Å². The summed E-state index contributed by atoms with van der Waals surface area (Å²) in [4.78, 5) is 24.9. The van der Waals surface area contributed by atoms with E-state index < -0.39 is 33.5 Å². The van der Waals surface area contributed by atoms with Crippen LogP contribution >= 0.6 is 0 Å². The Bertz CT molecular complexity index is 857. The molecule has 0 aliphatic heterocycles. The van der Waals surface area contributed by atoms with Crippen molar-refractivity contribution in [1.29, 1.82) is 0 Å². The van der Waals surface area contributed by atoms with E-state index in [1.807, 2.05) is 0 Å². The van der Waals surface area contributed by atoms with Crippen molar-refractivity contribution in [2.45, 2.75) is 63.5 Å². The van der Waals surface area contributed by atoms with Crippen molar-refractivity contribution in [3.63, 3.8) is 0 Å². The van der Waals surface area contributed by atoms with Crippen molar-refractivity contribution in [2.24, 2.45) is 5.92 Å². The Morgan fingerprint density at radius 1 is 1.24 bits per heavy atom. The molecule has 3 N–H and O–H groups in total. The Morgan fingerprint density at radius 3 is 2.41 bits per heavy atom. The van der Waals surface area contributed by atoms with Crippen LogP contribution in [0.4, 0.5) is 16.2 Å². The van der Waals surface area contributed by atoms with Crippen LogP contribution in [0.3, 0.4) is 0 Å². The number of para-hydroxylation sites is 1. The van der Waals surface area contributed by atoms with E-state index in [0.29, 0.717) is 30.3 Å². The lowest BCUT2D eigenvalue weighted by molar-refractivity contribution is -0.118. The molecule has 1 saturated carbocycles. The average Bonchev–Trinajstić information content (AvgIpc) is 3.40. The zero-order valence-electron chi connectivity index (χ0n) is 17.7. The smallest absolute Gasteiger partial charge is 0.408 e. The van der Waals surface area contributed by atoms with Gasteiger partial charge in [0.15, 0.2) is 9.84 Å². The maximum atomic E-state index is 12.7. The largest absolute Gasteiger partial charge is 0.444 e. The Morgan fingerprint density at radius 2 is 1.90 bits per heavy atom. The van der Waals surface area contributed by atoms with Gasteiger partial charge < -0.3 is 20.7 Å². The van der Waals surface area contributed by atoms with Crippen LogP contribution in [0.25, 0.3) is 0 Å². The molecular formula is C20H31N3O5S. The molecule has 1 unspecified atom stereocenters. The maximum Gasteiger partial charge on any atom is 0.408 e. The molecule has 0 radical (unpaired) electrons. The van der Waals surface area contributed by atoms with E-state index in [0.717, 1.165) is 19.1 Å². The number of alkyl carbamates (subject to hydrolysis) is 1. The van der Waals surface area contributed by atoms with Crippen LogP contribution in [-0.4, -0.2) is 44.9 Å². The predicted octanol–water partition coefficient (Wildman–Crippen LogP) is 3.15. The molecule has 1 aromatic rings. The molecule has 1 aliphatic rings. The van der Waals surface area contributed by atoms with Gasteiger partial charge >= 0.3 is 6.09 Å². The predicted molar refractivity (Wildman–Crippen MR) is 113 cm³/mol. The Labute approximate surface area is 172 Å². The number of ether oxygens (including phenoxy) is 1. The topological polar surface area (TPSA) is 114 Å². The first-order valence-corrected chi connectivity index (χ1v) is 11.7. The summed E-state index contributed by atoms with van der Waals surface area (Å²) in [6.45, 7) is 7.62. The highest BCUT2D eigenvalue weighted by Gasteiger charge is 2.26. The fourth-order valence-corrected chi connectivity index (χ4v) is 3.60. The van der Waals surface area contributed by atoms with Gasteiger partial charge in [0.2, 0.25) is 5.91 Å². The van der Waals surface area contributed by atoms with Gasteiger partial charge in [-0.15, -0.1) is 0 Å². The maximum absolute atomic E-state index is 12.7. The first kappa shape index (κ1) is 23.0. The Kier molecular flexibility index (Phi) is 7.15. The molecule has 0 aromatic heterocycles. The first-order chi connectivity index (χ1) is 13.4. The molecule has 2 rings (SSSR count). The third kappa shape index (κ3) is 7.23. The second kappa shape index (κ2) is 9.02. The van der Waals surface area contributed by atoms with Gasteiger partial charge in [-0.25, -0.2) is 13.2 Å². The number of carbonyl (C=O) groups is 2. The highest BCUT2D eigenvalue weighted by atomic mass is 32.2.